The minimum atomic E-state index is 1.10. The molecule has 0 atom stereocenters. The fourth-order valence-electron chi connectivity index (χ4n) is 1.60. The van der Waals surface area contributed by atoms with E-state index in [-0.39, 0.29) is 0 Å². The largest absolute Gasteiger partial charge is 0.317 e. The van der Waals surface area contributed by atoms with Crippen LogP contribution in [0.3, 0.4) is 0 Å². The fraction of sp³-hybridized carbons (Fsp3) is 0.846. The van der Waals surface area contributed by atoms with E-state index in [0.717, 1.165) is 13.0 Å². The summed E-state index contributed by atoms with van der Waals surface area (Å²) in [6.45, 7) is 10.6. The highest BCUT2D eigenvalue weighted by molar-refractivity contribution is 4.66. The molecule has 90 valence electrons. The Morgan fingerprint density at radius 1 is 1.13 bits per heavy atom. The highest BCUT2D eigenvalue weighted by Crippen LogP contribution is 1.99. The third kappa shape index (κ3) is 11.6. The van der Waals surface area contributed by atoms with Gasteiger partial charge >= 0.3 is 0 Å². The van der Waals surface area contributed by atoms with Gasteiger partial charge in [0.25, 0.3) is 0 Å². The van der Waals surface area contributed by atoms with E-state index in [4.69, 9.17) is 0 Å². The van der Waals surface area contributed by atoms with Crippen LogP contribution in [0.25, 0.3) is 0 Å². The highest BCUT2D eigenvalue weighted by atomic mass is 15.1. The van der Waals surface area contributed by atoms with Crippen LogP contribution >= 0.6 is 0 Å². The summed E-state index contributed by atoms with van der Waals surface area (Å²) in [5.41, 5.74) is 0. The number of rotatable bonds is 11. The zero-order chi connectivity index (χ0) is 11.4. The number of nitrogens with one attached hydrogen (secondary N) is 1. The van der Waals surface area contributed by atoms with Gasteiger partial charge in [-0.3, -0.25) is 0 Å². The van der Waals surface area contributed by atoms with Crippen LogP contribution in [0.2, 0.25) is 0 Å². The van der Waals surface area contributed by atoms with Crippen molar-refractivity contribution >= 4 is 0 Å². The Morgan fingerprint density at radius 2 is 1.87 bits per heavy atom. The van der Waals surface area contributed by atoms with Gasteiger partial charge in [-0.1, -0.05) is 19.4 Å². The van der Waals surface area contributed by atoms with Gasteiger partial charge < -0.3 is 10.2 Å². The van der Waals surface area contributed by atoms with Gasteiger partial charge in [-0.15, -0.1) is 6.58 Å². The topological polar surface area (TPSA) is 15.3 Å². The molecule has 15 heavy (non-hydrogen) atoms. The second kappa shape index (κ2) is 11.7. The molecule has 0 aliphatic rings. The van der Waals surface area contributed by atoms with Gasteiger partial charge in [-0.05, 0) is 58.9 Å². The van der Waals surface area contributed by atoms with Crippen LogP contribution in [-0.2, 0) is 0 Å². The lowest BCUT2D eigenvalue weighted by atomic mass is 10.2. The Bertz CT molecular complexity index is 134. The van der Waals surface area contributed by atoms with Crippen LogP contribution in [0.4, 0.5) is 0 Å². The summed E-state index contributed by atoms with van der Waals surface area (Å²) in [5.74, 6) is 0. The molecule has 0 aliphatic heterocycles. The predicted octanol–water partition coefficient (Wildman–Crippen LogP) is 2.66. The average molecular weight is 212 g/mol. The number of allylic oxidation sites excluding steroid dienone is 1. The first-order valence-corrected chi connectivity index (χ1v) is 6.31. The van der Waals surface area contributed by atoms with Gasteiger partial charge in [-0.25, -0.2) is 0 Å². The summed E-state index contributed by atoms with van der Waals surface area (Å²) in [4.78, 5) is 2.43. The van der Waals surface area contributed by atoms with E-state index in [2.05, 4.69) is 30.8 Å². The second-order valence-corrected chi connectivity index (χ2v) is 4.15. The maximum absolute atomic E-state index is 3.74. The normalized spacial score (nSPS) is 10.9. The summed E-state index contributed by atoms with van der Waals surface area (Å²) >= 11 is 0. The van der Waals surface area contributed by atoms with Gasteiger partial charge in [0.15, 0.2) is 0 Å². The van der Waals surface area contributed by atoms with Crippen molar-refractivity contribution < 1.29 is 0 Å². The van der Waals surface area contributed by atoms with Crippen molar-refractivity contribution in [2.45, 2.75) is 39.0 Å². The molecule has 0 fully saturated rings. The lowest BCUT2D eigenvalue weighted by molar-refractivity contribution is 0.321. The maximum atomic E-state index is 3.74. The fourth-order valence-corrected chi connectivity index (χ4v) is 1.60. The van der Waals surface area contributed by atoms with Gasteiger partial charge in [0.05, 0.1) is 0 Å². The molecule has 0 saturated carbocycles. The van der Waals surface area contributed by atoms with Crippen molar-refractivity contribution in [2.24, 2.45) is 0 Å². The van der Waals surface area contributed by atoms with E-state index < -0.39 is 0 Å². The molecule has 0 aromatic heterocycles. The predicted molar refractivity (Wildman–Crippen MR) is 69.3 cm³/mol. The number of hydrogen-bond donors (Lipinski definition) is 1. The van der Waals surface area contributed by atoms with Crippen LogP contribution in [0.5, 0.6) is 0 Å². The summed E-state index contributed by atoms with van der Waals surface area (Å²) < 4.78 is 0. The summed E-state index contributed by atoms with van der Waals surface area (Å²) in [6.07, 6.45) is 8.38. The average Bonchev–Trinajstić information content (AvgIpc) is 2.23. The van der Waals surface area contributed by atoms with Crippen LogP contribution in [0, 0.1) is 0 Å². The molecule has 0 unspecified atom stereocenters. The molecule has 0 amide bonds. The van der Waals surface area contributed by atoms with Gasteiger partial charge in [-0.2, -0.15) is 0 Å². The van der Waals surface area contributed by atoms with E-state index in [9.17, 15) is 0 Å². The second-order valence-electron chi connectivity index (χ2n) is 4.15. The molecule has 0 aromatic rings. The first-order valence-electron chi connectivity index (χ1n) is 6.31. The van der Waals surface area contributed by atoms with Gasteiger partial charge in [0, 0.05) is 0 Å². The SMILES string of the molecule is C=CCCCN(C)CCCCCNCC. The summed E-state index contributed by atoms with van der Waals surface area (Å²) in [6, 6.07) is 0. The van der Waals surface area contributed by atoms with Crippen molar-refractivity contribution in [1.29, 1.82) is 0 Å². The lowest BCUT2D eigenvalue weighted by Crippen LogP contribution is -2.21. The quantitative estimate of drug-likeness (QED) is 0.418. The number of nitrogens with zero attached hydrogens (tertiary/aromatic N) is 1. The van der Waals surface area contributed by atoms with Crippen molar-refractivity contribution in [3.05, 3.63) is 12.7 Å². The molecule has 0 rings (SSSR count). The lowest BCUT2D eigenvalue weighted by Gasteiger charge is -2.15. The zero-order valence-corrected chi connectivity index (χ0v) is 10.6. The first kappa shape index (κ1) is 14.7. The summed E-state index contributed by atoms with van der Waals surface area (Å²) in [7, 11) is 2.22. The molecule has 0 saturated heterocycles. The van der Waals surface area contributed by atoms with E-state index in [1.165, 1.54) is 45.3 Å². The molecule has 0 heterocycles. The molecule has 1 N–H and O–H groups in total. The molecule has 0 aromatic carbocycles. The molecule has 0 spiro atoms. The van der Waals surface area contributed by atoms with Gasteiger partial charge in [0.2, 0.25) is 0 Å². The van der Waals surface area contributed by atoms with E-state index in [1.807, 2.05) is 6.08 Å². The highest BCUT2D eigenvalue weighted by Gasteiger charge is 1.96. The Balaban J connectivity index is 3.09. The van der Waals surface area contributed by atoms with Crippen molar-refractivity contribution in [3.63, 3.8) is 0 Å². The maximum Gasteiger partial charge on any atom is -0.00188 e. The van der Waals surface area contributed by atoms with Crippen molar-refractivity contribution in [1.82, 2.24) is 10.2 Å². The summed E-state index contributed by atoms with van der Waals surface area (Å²) in [5, 5.41) is 3.35. The van der Waals surface area contributed by atoms with Crippen molar-refractivity contribution in [3.8, 4) is 0 Å². The van der Waals surface area contributed by atoms with Crippen molar-refractivity contribution in [2.75, 3.05) is 33.2 Å². The molecule has 0 bridgehead atoms. The monoisotopic (exact) mass is 212 g/mol. The standard InChI is InChI=1S/C13H28N2/c1-4-6-9-12-15(3)13-10-7-8-11-14-5-2/h4,14H,1,5-13H2,2-3H3. The van der Waals surface area contributed by atoms with Crippen LogP contribution < -0.4 is 5.32 Å². The third-order valence-corrected chi connectivity index (χ3v) is 2.59. The minimum Gasteiger partial charge on any atom is -0.317 e. The van der Waals surface area contributed by atoms with Crippen LogP contribution in [0.1, 0.15) is 39.0 Å². The van der Waals surface area contributed by atoms with E-state index >= 15 is 0 Å². The molecule has 2 heteroatoms. The Labute approximate surface area is 95.7 Å². The Kier molecular flexibility index (Phi) is 11.5. The van der Waals surface area contributed by atoms with E-state index in [0.29, 0.717) is 0 Å². The van der Waals surface area contributed by atoms with Crippen LogP contribution in [0.15, 0.2) is 12.7 Å². The molecule has 0 radical (unpaired) electrons. The number of hydrogen-bond acceptors (Lipinski definition) is 2. The minimum absolute atomic E-state index is 1.10. The van der Waals surface area contributed by atoms with E-state index in [1.54, 1.807) is 0 Å². The molecular formula is C13H28N2. The smallest absolute Gasteiger partial charge is 0.00188 e. The Hall–Kier alpha value is -0.340. The Morgan fingerprint density at radius 3 is 2.53 bits per heavy atom. The molecule has 2 nitrogen and oxygen atoms in total. The molecule has 0 aliphatic carbocycles. The first-order chi connectivity index (χ1) is 7.31. The number of unbranched alkanes of at least 4 members (excludes halogenated alkanes) is 3. The van der Waals surface area contributed by atoms with Gasteiger partial charge in [0.1, 0.15) is 0 Å². The zero-order valence-electron chi connectivity index (χ0n) is 10.6. The molecular weight excluding hydrogens is 184 g/mol. The third-order valence-electron chi connectivity index (χ3n) is 2.59. The van der Waals surface area contributed by atoms with Crippen LogP contribution in [-0.4, -0.2) is 38.1 Å².